The van der Waals surface area contributed by atoms with Crippen molar-refractivity contribution in [2.45, 2.75) is 19.8 Å². The zero-order valence-corrected chi connectivity index (χ0v) is 16.1. The van der Waals surface area contributed by atoms with E-state index in [-0.39, 0.29) is 11.8 Å². The Labute approximate surface area is 159 Å². The largest absolute Gasteiger partial charge is 0.336 e. The standard InChI is InChI=1S/C20H27N5O2/c1-15-6-9-23(10-7-15)20(27)18-21-17(16-5-3-4-8-25(16)18)19(26)24-13-11-22(2)12-14-24/h3-5,8,15H,6-7,9-14H2,1-2H3. The van der Waals surface area contributed by atoms with Crippen molar-refractivity contribution in [2.75, 3.05) is 46.3 Å². The normalized spacial score (nSPS) is 19.6. The zero-order chi connectivity index (χ0) is 19.0. The van der Waals surface area contributed by atoms with E-state index >= 15 is 0 Å². The summed E-state index contributed by atoms with van der Waals surface area (Å²) in [6, 6.07) is 5.62. The van der Waals surface area contributed by atoms with Crippen molar-refractivity contribution in [3.8, 4) is 0 Å². The number of likely N-dealkylation sites (tertiary alicyclic amines) is 1. The van der Waals surface area contributed by atoms with Gasteiger partial charge in [-0.25, -0.2) is 4.98 Å². The number of piperazine rings is 1. The molecule has 2 amide bonds. The van der Waals surface area contributed by atoms with E-state index in [1.165, 1.54) is 0 Å². The monoisotopic (exact) mass is 369 g/mol. The molecule has 2 aromatic heterocycles. The maximum absolute atomic E-state index is 13.1. The summed E-state index contributed by atoms with van der Waals surface area (Å²) in [6.45, 7) is 6.82. The number of piperidine rings is 1. The lowest BCUT2D eigenvalue weighted by Crippen LogP contribution is -2.47. The number of amides is 2. The van der Waals surface area contributed by atoms with Crippen LogP contribution in [0.4, 0.5) is 0 Å². The van der Waals surface area contributed by atoms with E-state index in [2.05, 4.69) is 23.9 Å². The SMILES string of the molecule is CC1CCN(C(=O)c2nc(C(=O)N3CCN(C)CC3)c3ccccn23)CC1. The number of fused-ring (bicyclic) bond motifs is 1. The third kappa shape index (κ3) is 3.43. The van der Waals surface area contributed by atoms with Crippen LogP contribution in [-0.2, 0) is 0 Å². The molecule has 0 aromatic carbocycles. The Morgan fingerprint density at radius 2 is 1.63 bits per heavy atom. The van der Waals surface area contributed by atoms with Crippen LogP contribution in [0.1, 0.15) is 40.9 Å². The molecule has 2 fully saturated rings. The minimum Gasteiger partial charge on any atom is -0.336 e. The highest BCUT2D eigenvalue weighted by molar-refractivity contribution is 6.02. The van der Waals surface area contributed by atoms with Crippen molar-refractivity contribution < 1.29 is 9.59 Å². The fraction of sp³-hybridized carbons (Fsp3) is 0.550. The minimum absolute atomic E-state index is 0.0828. The molecule has 0 spiro atoms. The van der Waals surface area contributed by atoms with Gasteiger partial charge < -0.3 is 14.7 Å². The molecule has 0 atom stereocenters. The van der Waals surface area contributed by atoms with Gasteiger partial charge in [-0.15, -0.1) is 0 Å². The highest BCUT2D eigenvalue weighted by atomic mass is 16.2. The second kappa shape index (κ2) is 7.31. The van der Waals surface area contributed by atoms with Gasteiger partial charge in [-0.3, -0.25) is 14.0 Å². The second-order valence-electron chi connectivity index (χ2n) is 7.81. The average Bonchev–Trinajstić information content (AvgIpc) is 3.08. The summed E-state index contributed by atoms with van der Waals surface area (Å²) in [4.78, 5) is 36.6. The van der Waals surface area contributed by atoms with Crippen molar-refractivity contribution in [2.24, 2.45) is 5.92 Å². The Bertz CT molecular complexity index is 777. The Kier molecular flexibility index (Phi) is 4.86. The van der Waals surface area contributed by atoms with E-state index in [1.54, 1.807) is 4.40 Å². The molecule has 2 aliphatic heterocycles. The molecule has 2 aromatic rings. The first-order valence-corrected chi connectivity index (χ1v) is 9.79. The molecular weight excluding hydrogens is 342 g/mol. The van der Waals surface area contributed by atoms with Crippen LogP contribution in [0.5, 0.6) is 0 Å². The summed E-state index contributed by atoms with van der Waals surface area (Å²) in [6.07, 6.45) is 3.85. The maximum atomic E-state index is 13.1. The van der Waals surface area contributed by atoms with Crippen LogP contribution in [0.15, 0.2) is 24.4 Å². The molecule has 0 unspecified atom stereocenters. The van der Waals surface area contributed by atoms with Gasteiger partial charge in [0.25, 0.3) is 11.8 Å². The van der Waals surface area contributed by atoms with E-state index in [0.717, 1.165) is 39.0 Å². The quantitative estimate of drug-likeness (QED) is 0.807. The topological polar surface area (TPSA) is 61.2 Å². The number of carbonyl (C=O) groups is 2. The number of nitrogens with zero attached hydrogens (tertiary/aromatic N) is 5. The maximum Gasteiger partial charge on any atom is 0.290 e. The number of carbonyl (C=O) groups excluding carboxylic acids is 2. The molecule has 0 N–H and O–H groups in total. The van der Waals surface area contributed by atoms with E-state index in [1.807, 2.05) is 34.2 Å². The molecule has 144 valence electrons. The smallest absolute Gasteiger partial charge is 0.290 e. The molecular formula is C20H27N5O2. The summed E-state index contributed by atoms with van der Waals surface area (Å²) >= 11 is 0. The molecule has 7 heteroatoms. The number of likely N-dealkylation sites (N-methyl/N-ethyl adjacent to an activating group) is 1. The Morgan fingerprint density at radius 1 is 0.963 bits per heavy atom. The number of imidazole rings is 1. The lowest BCUT2D eigenvalue weighted by Gasteiger charge is -2.32. The predicted octanol–water partition coefficient (Wildman–Crippen LogP) is 1.59. The highest BCUT2D eigenvalue weighted by Crippen LogP contribution is 2.21. The second-order valence-corrected chi connectivity index (χ2v) is 7.81. The Hall–Kier alpha value is -2.41. The van der Waals surface area contributed by atoms with Gasteiger partial charge in [-0.2, -0.15) is 0 Å². The number of pyridine rings is 1. The number of hydrogen-bond donors (Lipinski definition) is 0. The van der Waals surface area contributed by atoms with Gasteiger partial charge >= 0.3 is 0 Å². The summed E-state index contributed by atoms with van der Waals surface area (Å²) in [5.41, 5.74) is 1.09. The van der Waals surface area contributed by atoms with Crippen molar-refractivity contribution in [3.63, 3.8) is 0 Å². The van der Waals surface area contributed by atoms with Gasteiger partial charge in [-0.1, -0.05) is 13.0 Å². The van der Waals surface area contributed by atoms with Crippen LogP contribution >= 0.6 is 0 Å². The van der Waals surface area contributed by atoms with E-state index in [4.69, 9.17) is 0 Å². The van der Waals surface area contributed by atoms with Crippen molar-refractivity contribution in [1.29, 1.82) is 0 Å². The van der Waals surface area contributed by atoms with E-state index in [9.17, 15) is 9.59 Å². The fourth-order valence-electron chi connectivity index (χ4n) is 3.86. The van der Waals surface area contributed by atoms with Crippen LogP contribution in [0.25, 0.3) is 5.52 Å². The highest BCUT2D eigenvalue weighted by Gasteiger charge is 2.29. The first-order chi connectivity index (χ1) is 13.0. The van der Waals surface area contributed by atoms with Crippen molar-refractivity contribution in [1.82, 2.24) is 24.1 Å². The van der Waals surface area contributed by atoms with Gasteiger partial charge in [0.15, 0.2) is 5.69 Å². The van der Waals surface area contributed by atoms with Crippen LogP contribution in [-0.4, -0.2) is 82.2 Å². The molecule has 0 saturated carbocycles. The molecule has 2 aliphatic rings. The van der Waals surface area contributed by atoms with Gasteiger partial charge in [0.1, 0.15) is 0 Å². The Morgan fingerprint density at radius 3 is 2.33 bits per heavy atom. The number of rotatable bonds is 2. The summed E-state index contributed by atoms with van der Waals surface area (Å²) in [5.74, 6) is 0.830. The summed E-state index contributed by atoms with van der Waals surface area (Å²) in [7, 11) is 2.06. The summed E-state index contributed by atoms with van der Waals surface area (Å²) < 4.78 is 1.77. The van der Waals surface area contributed by atoms with E-state index < -0.39 is 0 Å². The minimum atomic E-state index is -0.0851. The Balaban J connectivity index is 1.65. The molecule has 4 heterocycles. The molecule has 2 saturated heterocycles. The average molecular weight is 369 g/mol. The molecule has 0 aliphatic carbocycles. The van der Waals surface area contributed by atoms with Crippen LogP contribution in [0.2, 0.25) is 0 Å². The third-order valence-corrected chi connectivity index (χ3v) is 5.80. The van der Waals surface area contributed by atoms with Gasteiger partial charge in [0, 0.05) is 45.5 Å². The molecule has 0 bridgehead atoms. The number of hydrogen-bond acceptors (Lipinski definition) is 4. The lowest BCUT2D eigenvalue weighted by molar-refractivity contribution is 0.0660. The summed E-state index contributed by atoms with van der Waals surface area (Å²) in [5, 5.41) is 0. The van der Waals surface area contributed by atoms with Crippen molar-refractivity contribution in [3.05, 3.63) is 35.9 Å². The fourth-order valence-corrected chi connectivity index (χ4v) is 3.86. The van der Waals surface area contributed by atoms with Crippen LogP contribution in [0.3, 0.4) is 0 Å². The molecule has 4 rings (SSSR count). The first-order valence-electron chi connectivity index (χ1n) is 9.79. The first kappa shape index (κ1) is 18.0. The van der Waals surface area contributed by atoms with E-state index in [0.29, 0.717) is 36.0 Å². The zero-order valence-electron chi connectivity index (χ0n) is 16.1. The molecule has 27 heavy (non-hydrogen) atoms. The number of aromatic nitrogens is 2. The van der Waals surface area contributed by atoms with Crippen LogP contribution < -0.4 is 0 Å². The predicted molar refractivity (Wildman–Crippen MR) is 103 cm³/mol. The molecule has 7 nitrogen and oxygen atoms in total. The van der Waals surface area contributed by atoms with Gasteiger partial charge in [-0.05, 0) is 37.9 Å². The lowest BCUT2D eigenvalue weighted by atomic mass is 9.99. The molecule has 0 radical (unpaired) electrons. The van der Waals surface area contributed by atoms with Gasteiger partial charge in [0.05, 0.1) is 5.52 Å². The van der Waals surface area contributed by atoms with Crippen molar-refractivity contribution >= 4 is 17.3 Å². The third-order valence-electron chi connectivity index (χ3n) is 5.80. The van der Waals surface area contributed by atoms with Crippen LogP contribution in [0, 0.1) is 5.92 Å². The van der Waals surface area contributed by atoms with Gasteiger partial charge in [0.2, 0.25) is 5.82 Å².